The van der Waals surface area contributed by atoms with E-state index in [9.17, 15) is 22.4 Å². The maximum absolute atomic E-state index is 13.8. The third-order valence-electron chi connectivity index (χ3n) is 8.63. The van der Waals surface area contributed by atoms with Crippen LogP contribution in [0.2, 0.25) is 0 Å². The van der Waals surface area contributed by atoms with Crippen molar-refractivity contribution in [3.8, 4) is 0 Å². The van der Waals surface area contributed by atoms with Crippen LogP contribution in [0.1, 0.15) is 56.6 Å². The second kappa shape index (κ2) is 10.8. The Morgan fingerprint density at radius 3 is 2.46 bits per heavy atom. The fourth-order valence-corrected chi connectivity index (χ4v) is 6.44. The molecular formula is C27H37F4N3O3. The van der Waals surface area contributed by atoms with Crippen molar-refractivity contribution in [2.75, 3.05) is 39.5 Å². The lowest BCUT2D eigenvalue weighted by Crippen LogP contribution is -2.62. The number of benzene rings is 1. The number of hydrogen-bond acceptors (Lipinski definition) is 5. The summed E-state index contributed by atoms with van der Waals surface area (Å²) in [7, 11) is 0. The van der Waals surface area contributed by atoms with Gasteiger partial charge in [-0.25, -0.2) is 4.39 Å². The summed E-state index contributed by atoms with van der Waals surface area (Å²) < 4.78 is 64.8. The van der Waals surface area contributed by atoms with Gasteiger partial charge in [0, 0.05) is 57.5 Å². The van der Waals surface area contributed by atoms with Crippen LogP contribution in [0.5, 0.6) is 0 Å². The molecule has 1 aromatic rings. The summed E-state index contributed by atoms with van der Waals surface area (Å²) in [5.74, 6) is -1.15. The van der Waals surface area contributed by atoms with E-state index in [0.29, 0.717) is 31.2 Å². The first-order valence-electron chi connectivity index (χ1n) is 13.5. The Morgan fingerprint density at radius 1 is 1.08 bits per heavy atom. The molecule has 0 aromatic heterocycles. The van der Waals surface area contributed by atoms with Crippen molar-refractivity contribution in [2.24, 2.45) is 5.92 Å². The van der Waals surface area contributed by atoms with Crippen molar-refractivity contribution in [1.29, 1.82) is 0 Å². The van der Waals surface area contributed by atoms with Gasteiger partial charge in [-0.3, -0.25) is 14.6 Å². The highest BCUT2D eigenvalue weighted by molar-refractivity contribution is 5.86. The molecule has 37 heavy (non-hydrogen) atoms. The lowest BCUT2D eigenvalue weighted by Gasteiger charge is -2.49. The molecular weight excluding hydrogens is 490 g/mol. The molecule has 3 atom stereocenters. The number of nitrogens with one attached hydrogen (secondary N) is 1. The molecule has 3 heterocycles. The van der Waals surface area contributed by atoms with E-state index < -0.39 is 23.2 Å². The first-order valence-corrected chi connectivity index (χ1v) is 13.5. The topological polar surface area (TPSA) is 54.0 Å². The van der Waals surface area contributed by atoms with Gasteiger partial charge in [-0.05, 0) is 75.1 Å². The third-order valence-corrected chi connectivity index (χ3v) is 8.63. The number of piperazine rings is 1. The van der Waals surface area contributed by atoms with E-state index in [4.69, 9.17) is 9.47 Å². The molecule has 2 unspecified atom stereocenters. The van der Waals surface area contributed by atoms with Crippen molar-refractivity contribution >= 4 is 5.91 Å². The number of carbonyl (C=O) groups is 1. The Labute approximate surface area is 215 Å². The van der Waals surface area contributed by atoms with E-state index in [0.717, 1.165) is 77.1 Å². The Bertz CT molecular complexity index is 957. The number of amides is 1. The van der Waals surface area contributed by atoms with E-state index in [-0.39, 0.29) is 30.0 Å². The first-order chi connectivity index (χ1) is 17.7. The number of halogens is 4. The highest BCUT2D eigenvalue weighted by atomic mass is 19.4. The smallest absolute Gasteiger partial charge is 0.381 e. The molecule has 1 saturated carbocycles. The molecule has 4 aliphatic rings. The predicted octanol–water partition coefficient (Wildman–Crippen LogP) is 3.97. The van der Waals surface area contributed by atoms with Gasteiger partial charge in [0.05, 0.1) is 12.2 Å². The van der Waals surface area contributed by atoms with Gasteiger partial charge in [0.1, 0.15) is 11.4 Å². The van der Waals surface area contributed by atoms with Crippen molar-refractivity contribution in [3.05, 3.63) is 35.1 Å². The van der Waals surface area contributed by atoms with Crippen LogP contribution < -0.4 is 5.32 Å². The number of nitrogens with zero attached hydrogens (tertiary/aromatic N) is 2. The monoisotopic (exact) mass is 527 g/mol. The van der Waals surface area contributed by atoms with Crippen molar-refractivity contribution < 1.29 is 31.8 Å². The summed E-state index contributed by atoms with van der Waals surface area (Å²) >= 11 is 0. The van der Waals surface area contributed by atoms with Gasteiger partial charge >= 0.3 is 6.18 Å². The molecule has 3 saturated heterocycles. The fourth-order valence-electron chi connectivity index (χ4n) is 6.44. The molecule has 5 rings (SSSR count). The first kappa shape index (κ1) is 26.8. The van der Waals surface area contributed by atoms with Gasteiger partial charge in [-0.2, -0.15) is 13.2 Å². The lowest BCUT2D eigenvalue weighted by molar-refractivity contribution is -0.166. The van der Waals surface area contributed by atoms with E-state index in [1.807, 2.05) is 0 Å². The second-order valence-electron chi connectivity index (χ2n) is 11.1. The van der Waals surface area contributed by atoms with Gasteiger partial charge in [0.2, 0.25) is 0 Å². The number of hydrogen-bond donors (Lipinski definition) is 1. The molecule has 1 N–H and O–H groups in total. The van der Waals surface area contributed by atoms with Gasteiger partial charge in [0.15, 0.2) is 0 Å². The van der Waals surface area contributed by atoms with Crippen LogP contribution >= 0.6 is 0 Å². The van der Waals surface area contributed by atoms with Crippen LogP contribution in [0.25, 0.3) is 0 Å². The van der Waals surface area contributed by atoms with E-state index in [1.54, 1.807) is 0 Å². The zero-order chi connectivity index (χ0) is 26.2. The van der Waals surface area contributed by atoms with Crippen molar-refractivity contribution in [1.82, 2.24) is 15.1 Å². The lowest BCUT2D eigenvalue weighted by atomic mass is 9.85. The maximum Gasteiger partial charge on any atom is 0.416 e. The maximum atomic E-state index is 13.8. The summed E-state index contributed by atoms with van der Waals surface area (Å²) in [6.45, 7) is 7.20. The summed E-state index contributed by atoms with van der Waals surface area (Å²) in [6, 6.07) is 3.65. The highest BCUT2D eigenvalue weighted by Gasteiger charge is 2.54. The minimum atomic E-state index is -4.65. The van der Waals surface area contributed by atoms with E-state index in [2.05, 4.69) is 22.0 Å². The highest BCUT2D eigenvalue weighted by Crippen LogP contribution is 2.47. The zero-order valence-corrected chi connectivity index (χ0v) is 21.4. The largest absolute Gasteiger partial charge is 0.416 e. The van der Waals surface area contributed by atoms with Crippen LogP contribution in [0.3, 0.4) is 0 Å². The molecule has 10 heteroatoms. The quantitative estimate of drug-likeness (QED) is 0.568. The molecule has 1 aliphatic carbocycles. The molecule has 6 nitrogen and oxygen atoms in total. The molecule has 206 valence electrons. The van der Waals surface area contributed by atoms with Crippen LogP contribution in [-0.2, 0) is 27.0 Å². The Kier molecular flexibility index (Phi) is 7.82. The molecule has 1 aromatic carbocycles. The molecule has 0 spiro atoms. The van der Waals surface area contributed by atoms with E-state index in [1.165, 1.54) is 0 Å². The van der Waals surface area contributed by atoms with Crippen LogP contribution in [0.15, 0.2) is 18.2 Å². The summed E-state index contributed by atoms with van der Waals surface area (Å²) in [5, 5.41) is 2.75. The van der Waals surface area contributed by atoms with Crippen LogP contribution in [-0.4, -0.2) is 78.9 Å². The minimum Gasteiger partial charge on any atom is -0.381 e. The third kappa shape index (κ3) is 5.97. The number of rotatable bonds is 6. The van der Waals surface area contributed by atoms with Gasteiger partial charge in [0.25, 0.3) is 5.91 Å². The SMILES string of the molecule is CC1CN(C2CC[C@@](C(=O)NCc3cc(F)cc(C(F)(F)F)c3)(C3CC3)OC2)CCN1C1CCOCC1. The summed E-state index contributed by atoms with van der Waals surface area (Å²) in [4.78, 5) is 18.4. The molecule has 0 bridgehead atoms. The Hall–Kier alpha value is -1.75. The number of alkyl halides is 3. The fraction of sp³-hybridized carbons (Fsp3) is 0.741. The normalized spacial score (nSPS) is 30.8. The zero-order valence-electron chi connectivity index (χ0n) is 21.4. The minimum absolute atomic E-state index is 0.0803. The van der Waals surface area contributed by atoms with Gasteiger partial charge in [-0.15, -0.1) is 0 Å². The standard InChI is InChI=1S/C27H37F4N3O3/c1-18-16-33(8-9-34(18)23-5-10-36-11-6-23)24-4-7-26(37-17-24,20-2-3-20)25(35)32-15-19-12-21(27(29,30)31)14-22(28)13-19/h12-14,18,20,23-24H,2-11,15-17H2,1H3,(H,32,35)/t18?,24?,26-/m0/s1. The Balaban J connectivity index is 1.17. The van der Waals surface area contributed by atoms with Crippen molar-refractivity contribution in [3.63, 3.8) is 0 Å². The second-order valence-corrected chi connectivity index (χ2v) is 11.1. The average molecular weight is 528 g/mol. The number of carbonyl (C=O) groups excluding carboxylic acids is 1. The van der Waals surface area contributed by atoms with Crippen LogP contribution in [0, 0.1) is 11.7 Å². The molecule has 4 fully saturated rings. The Morgan fingerprint density at radius 2 is 1.84 bits per heavy atom. The molecule has 0 radical (unpaired) electrons. The van der Waals surface area contributed by atoms with Gasteiger partial charge in [-0.1, -0.05) is 0 Å². The number of ether oxygens (including phenoxy) is 2. The van der Waals surface area contributed by atoms with Crippen LogP contribution in [0.4, 0.5) is 17.6 Å². The molecule has 1 amide bonds. The van der Waals surface area contributed by atoms with Crippen molar-refractivity contribution in [2.45, 2.75) is 81.9 Å². The average Bonchev–Trinajstić information content (AvgIpc) is 3.73. The molecule has 3 aliphatic heterocycles. The predicted molar refractivity (Wildman–Crippen MR) is 129 cm³/mol. The summed E-state index contributed by atoms with van der Waals surface area (Å²) in [6.07, 6.45) is 0.747. The van der Waals surface area contributed by atoms with E-state index >= 15 is 0 Å². The summed E-state index contributed by atoms with van der Waals surface area (Å²) in [5.41, 5.74) is -1.93. The van der Waals surface area contributed by atoms with Gasteiger partial charge < -0.3 is 14.8 Å².